The third-order valence-corrected chi connectivity index (χ3v) is 4.59. The Labute approximate surface area is 125 Å². The van der Waals surface area contributed by atoms with Gasteiger partial charge in [-0.05, 0) is 50.7 Å². The quantitative estimate of drug-likeness (QED) is 0.709. The third kappa shape index (κ3) is 2.17. The molecule has 0 aromatic heterocycles. The fourth-order valence-electron chi connectivity index (χ4n) is 3.47. The van der Waals surface area contributed by atoms with E-state index in [2.05, 4.69) is 37.1 Å². The lowest BCUT2D eigenvalue weighted by Gasteiger charge is -2.18. The second kappa shape index (κ2) is 5.27. The molecule has 1 saturated heterocycles. The van der Waals surface area contributed by atoms with Gasteiger partial charge in [-0.15, -0.1) is 0 Å². The standard InChI is InChI=1S/C17H20ClNO/c1-4-12-14-9-19(3)10-15(14)13-8-11(18)6-7-17(13)20-16(12)5-2/h4-8,14-15H,9-10H2,1-3H3. The van der Waals surface area contributed by atoms with Gasteiger partial charge in [0, 0.05) is 35.5 Å². The number of benzene rings is 1. The van der Waals surface area contributed by atoms with Gasteiger partial charge in [-0.1, -0.05) is 17.7 Å². The summed E-state index contributed by atoms with van der Waals surface area (Å²) < 4.78 is 6.15. The molecule has 2 nitrogen and oxygen atoms in total. The Morgan fingerprint density at radius 2 is 1.95 bits per heavy atom. The molecule has 1 aromatic rings. The molecule has 106 valence electrons. The maximum absolute atomic E-state index is 6.20. The third-order valence-electron chi connectivity index (χ3n) is 4.35. The topological polar surface area (TPSA) is 12.5 Å². The molecule has 0 spiro atoms. The number of hydrogen-bond acceptors (Lipinski definition) is 2. The van der Waals surface area contributed by atoms with Gasteiger partial charge in [-0.25, -0.2) is 0 Å². The molecule has 0 bridgehead atoms. The van der Waals surface area contributed by atoms with Crippen LogP contribution in [0.1, 0.15) is 25.3 Å². The lowest BCUT2D eigenvalue weighted by atomic mass is 9.83. The van der Waals surface area contributed by atoms with Crippen LogP contribution in [0.15, 0.2) is 41.7 Å². The summed E-state index contributed by atoms with van der Waals surface area (Å²) in [7, 11) is 2.18. The SMILES string of the molecule is CC=C1Oc2ccc(Cl)cc2C2CN(C)CC2C1=CC. The highest BCUT2D eigenvalue weighted by atomic mass is 35.5. The van der Waals surface area contributed by atoms with Crippen molar-refractivity contribution < 1.29 is 4.74 Å². The van der Waals surface area contributed by atoms with Crippen molar-refractivity contribution in [2.45, 2.75) is 19.8 Å². The molecule has 20 heavy (non-hydrogen) atoms. The van der Waals surface area contributed by atoms with Crippen molar-refractivity contribution in [1.29, 1.82) is 0 Å². The van der Waals surface area contributed by atoms with Crippen LogP contribution in [-0.2, 0) is 0 Å². The first-order chi connectivity index (χ1) is 9.63. The first-order valence-electron chi connectivity index (χ1n) is 7.12. The van der Waals surface area contributed by atoms with Gasteiger partial charge in [-0.2, -0.15) is 0 Å². The lowest BCUT2D eigenvalue weighted by molar-refractivity contribution is 0.387. The van der Waals surface area contributed by atoms with E-state index in [9.17, 15) is 0 Å². The number of fused-ring (bicyclic) bond motifs is 3. The van der Waals surface area contributed by atoms with Crippen LogP contribution in [0.2, 0.25) is 5.02 Å². The van der Waals surface area contributed by atoms with Crippen LogP contribution < -0.4 is 4.74 Å². The Morgan fingerprint density at radius 3 is 2.65 bits per heavy atom. The van der Waals surface area contributed by atoms with Crippen LogP contribution in [0.25, 0.3) is 0 Å². The molecule has 3 rings (SSSR count). The van der Waals surface area contributed by atoms with E-state index >= 15 is 0 Å². The van der Waals surface area contributed by atoms with Crippen LogP contribution in [0, 0.1) is 5.92 Å². The maximum Gasteiger partial charge on any atom is 0.131 e. The number of halogens is 1. The van der Waals surface area contributed by atoms with Gasteiger partial charge in [0.2, 0.25) is 0 Å². The van der Waals surface area contributed by atoms with E-state index in [-0.39, 0.29) is 0 Å². The average Bonchev–Trinajstić information content (AvgIpc) is 2.76. The summed E-state index contributed by atoms with van der Waals surface area (Å²) in [5, 5.41) is 0.784. The minimum atomic E-state index is 0.456. The van der Waals surface area contributed by atoms with Gasteiger partial charge >= 0.3 is 0 Å². The number of ether oxygens (including phenoxy) is 1. The van der Waals surface area contributed by atoms with Gasteiger partial charge in [0.1, 0.15) is 11.5 Å². The van der Waals surface area contributed by atoms with E-state index in [1.54, 1.807) is 0 Å². The summed E-state index contributed by atoms with van der Waals surface area (Å²) in [6, 6.07) is 5.97. The summed E-state index contributed by atoms with van der Waals surface area (Å²) in [6.45, 7) is 6.25. The van der Waals surface area contributed by atoms with E-state index in [0.717, 1.165) is 29.6 Å². The Kier molecular flexibility index (Phi) is 3.61. The molecule has 2 heterocycles. The monoisotopic (exact) mass is 289 g/mol. The zero-order valence-electron chi connectivity index (χ0n) is 12.2. The fraction of sp³-hybridized carbons (Fsp3) is 0.412. The average molecular weight is 290 g/mol. The Balaban J connectivity index is 2.17. The first kappa shape index (κ1) is 13.7. The molecule has 2 aliphatic rings. The van der Waals surface area contributed by atoms with Crippen LogP contribution in [0.4, 0.5) is 0 Å². The van der Waals surface area contributed by atoms with Crippen molar-refractivity contribution >= 4 is 11.6 Å². The molecule has 2 atom stereocenters. The van der Waals surface area contributed by atoms with E-state index in [1.165, 1.54) is 11.1 Å². The summed E-state index contributed by atoms with van der Waals surface area (Å²) in [4.78, 5) is 2.39. The highest BCUT2D eigenvalue weighted by Crippen LogP contribution is 2.46. The summed E-state index contributed by atoms with van der Waals surface area (Å²) >= 11 is 6.20. The van der Waals surface area contributed by atoms with Crippen LogP contribution >= 0.6 is 11.6 Å². The number of nitrogens with zero attached hydrogens (tertiary/aromatic N) is 1. The molecule has 0 saturated carbocycles. The molecular weight excluding hydrogens is 270 g/mol. The number of likely N-dealkylation sites (N-methyl/N-ethyl adjacent to an activating group) is 1. The molecule has 1 aromatic carbocycles. The van der Waals surface area contributed by atoms with Crippen molar-refractivity contribution in [2.24, 2.45) is 5.92 Å². The van der Waals surface area contributed by atoms with Crippen molar-refractivity contribution in [3.05, 3.63) is 52.3 Å². The van der Waals surface area contributed by atoms with E-state index in [4.69, 9.17) is 16.3 Å². The molecule has 0 amide bonds. The number of hydrogen-bond donors (Lipinski definition) is 0. The van der Waals surface area contributed by atoms with Crippen LogP contribution in [-0.4, -0.2) is 25.0 Å². The van der Waals surface area contributed by atoms with Gasteiger partial charge in [-0.3, -0.25) is 0 Å². The second-order valence-corrected chi connectivity index (χ2v) is 6.05. The van der Waals surface area contributed by atoms with Gasteiger partial charge in [0.15, 0.2) is 0 Å². The fourth-order valence-corrected chi connectivity index (χ4v) is 3.66. The molecular formula is C17H20ClNO. The Hall–Kier alpha value is -1.25. The second-order valence-electron chi connectivity index (χ2n) is 5.62. The van der Waals surface area contributed by atoms with Crippen molar-refractivity contribution in [3.63, 3.8) is 0 Å². The normalized spacial score (nSPS) is 30.0. The van der Waals surface area contributed by atoms with Crippen LogP contribution in [0.5, 0.6) is 5.75 Å². The molecule has 2 unspecified atom stereocenters. The van der Waals surface area contributed by atoms with E-state index < -0.39 is 0 Å². The highest BCUT2D eigenvalue weighted by molar-refractivity contribution is 6.30. The number of rotatable bonds is 0. The first-order valence-corrected chi connectivity index (χ1v) is 7.50. The van der Waals surface area contributed by atoms with Gasteiger partial charge in [0.05, 0.1) is 0 Å². The van der Waals surface area contributed by atoms with Crippen LogP contribution in [0.3, 0.4) is 0 Å². The van der Waals surface area contributed by atoms with Crippen molar-refractivity contribution in [3.8, 4) is 5.75 Å². The molecule has 2 aliphatic heterocycles. The molecule has 0 N–H and O–H groups in total. The largest absolute Gasteiger partial charge is 0.457 e. The zero-order chi connectivity index (χ0) is 14.3. The molecule has 1 fully saturated rings. The predicted molar refractivity (Wildman–Crippen MR) is 83.3 cm³/mol. The Bertz CT molecular complexity index is 591. The minimum Gasteiger partial charge on any atom is -0.457 e. The molecule has 0 radical (unpaired) electrons. The van der Waals surface area contributed by atoms with E-state index in [0.29, 0.717) is 11.8 Å². The molecule has 3 heteroatoms. The zero-order valence-corrected chi connectivity index (χ0v) is 12.9. The van der Waals surface area contributed by atoms with E-state index in [1.807, 2.05) is 19.1 Å². The predicted octanol–water partition coefficient (Wildman–Crippen LogP) is 4.23. The highest BCUT2D eigenvalue weighted by Gasteiger charge is 2.39. The van der Waals surface area contributed by atoms with Crippen molar-refractivity contribution in [1.82, 2.24) is 4.90 Å². The number of allylic oxidation sites excluding steroid dienone is 3. The maximum atomic E-state index is 6.20. The van der Waals surface area contributed by atoms with Gasteiger partial charge in [0.25, 0.3) is 0 Å². The smallest absolute Gasteiger partial charge is 0.131 e. The van der Waals surface area contributed by atoms with Gasteiger partial charge < -0.3 is 9.64 Å². The summed E-state index contributed by atoms with van der Waals surface area (Å²) in [5.74, 6) is 2.87. The number of likely N-dealkylation sites (tertiary alicyclic amines) is 1. The summed E-state index contributed by atoms with van der Waals surface area (Å²) in [6.07, 6.45) is 4.26. The summed E-state index contributed by atoms with van der Waals surface area (Å²) in [5.41, 5.74) is 2.55. The van der Waals surface area contributed by atoms with Crippen molar-refractivity contribution in [2.75, 3.05) is 20.1 Å². The lowest BCUT2D eigenvalue weighted by Crippen LogP contribution is -2.16. The molecule has 0 aliphatic carbocycles. The minimum absolute atomic E-state index is 0.456. The Morgan fingerprint density at radius 1 is 1.20 bits per heavy atom.